The quantitative estimate of drug-likeness (QED) is 0.359. The van der Waals surface area contributed by atoms with E-state index in [0.29, 0.717) is 0 Å². The SMILES string of the molecule is Cc1cc(N2C(=O)[C@H]3[C@@H]4C=C[C@](C)(O4)[C@@H]3C2=O)c([N+](=O)[O-])cc1C. The molecule has 2 fully saturated rings. The number of imide groups is 1. The van der Waals surface area contributed by atoms with Crippen molar-refractivity contribution in [2.45, 2.75) is 32.5 Å². The summed E-state index contributed by atoms with van der Waals surface area (Å²) in [5, 5.41) is 11.4. The molecule has 0 aliphatic carbocycles. The van der Waals surface area contributed by atoms with Gasteiger partial charge in [-0.2, -0.15) is 0 Å². The number of carbonyl (C=O) groups is 2. The number of carbonyl (C=O) groups excluding carboxylic acids is 2. The van der Waals surface area contributed by atoms with Gasteiger partial charge in [-0.3, -0.25) is 19.7 Å². The minimum Gasteiger partial charge on any atom is -0.362 e. The second-order valence-electron chi connectivity index (χ2n) is 6.82. The highest BCUT2D eigenvalue weighted by Crippen LogP contribution is 2.53. The molecule has 24 heavy (non-hydrogen) atoms. The zero-order chi connectivity index (χ0) is 17.4. The van der Waals surface area contributed by atoms with E-state index in [1.807, 2.05) is 6.08 Å². The number of anilines is 1. The first-order valence-corrected chi connectivity index (χ1v) is 7.75. The summed E-state index contributed by atoms with van der Waals surface area (Å²) in [5.74, 6) is -2.07. The second-order valence-corrected chi connectivity index (χ2v) is 6.82. The third kappa shape index (κ3) is 1.70. The van der Waals surface area contributed by atoms with E-state index in [1.54, 1.807) is 32.9 Å². The fourth-order valence-corrected chi connectivity index (χ4v) is 4.00. The van der Waals surface area contributed by atoms with Gasteiger partial charge in [0, 0.05) is 6.07 Å². The number of amides is 2. The monoisotopic (exact) mass is 328 g/mol. The topological polar surface area (TPSA) is 89.8 Å². The van der Waals surface area contributed by atoms with Crippen LogP contribution in [0.5, 0.6) is 0 Å². The van der Waals surface area contributed by atoms with Crippen molar-refractivity contribution in [2.24, 2.45) is 11.8 Å². The largest absolute Gasteiger partial charge is 0.362 e. The van der Waals surface area contributed by atoms with Crippen LogP contribution in [0.15, 0.2) is 24.3 Å². The number of fused-ring (bicyclic) bond motifs is 5. The van der Waals surface area contributed by atoms with Crippen LogP contribution >= 0.6 is 0 Å². The van der Waals surface area contributed by atoms with Crippen LogP contribution in [0.4, 0.5) is 11.4 Å². The Kier molecular flexibility index (Phi) is 2.82. The van der Waals surface area contributed by atoms with Crippen LogP contribution in [-0.4, -0.2) is 28.4 Å². The van der Waals surface area contributed by atoms with Gasteiger partial charge < -0.3 is 4.74 Å². The number of aryl methyl sites for hydroxylation is 2. The smallest absolute Gasteiger partial charge is 0.293 e. The van der Waals surface area contributed by atoms with E-state index >= 15 is 0 Å². The van der Waals surface area contributed by atoms with Gasteiger partial charge in [0.2, 0.25) is 11.8 Å². The van der Waals surface area contributed by atoms with Crippen molar-refractivity contribution in [1.29, 1.82) is 0 Å². The van der Waals surface area contributed by atoms with Crippen LogP contribution in [0, 0.1) is 35.8 Å². The van der Waals surface area contributed by atoms with E-state index in [9.17, 15) is 19.7 Å². The first kappa shape index (κ1) is 15.0. The van der Waals surface area contributed by atoms with Gasteiger partial charge in [0.05, 0.1) is 28.5 Å². The molecule has 1 aromatic carbocycles. The lowest BCUT2D eigenvalue weighted by atomic mass is 9.78. The number of hydrogen-bond donors (Lipinski definition) is 0. The Bertz CT molecular complexity index is 846. The van der Waals surface area contributed by atoms with Crippen molar-refractivity contribution >= 4 is 23.2 Å². The number of benzene rings is 1. The fourth-order valence-electron chi connectivity index (χ4n) is 4.00. The lowest BCUT2D eigenvalue weighted by Gasteiger charge is -2.24. The molecule has 0 aromatic heterocycles. The summed E-state index contributed by atoms with van der Waals surface area (Å²) < 4.78 is 5.76. The van der Waals surface area contributed by atoms with Gasteiger partial charge in [0.1, 0.15) is 5.69 Å². The molecule has 2 saturated heterocycles. The molecule has 2 bridgehead atoms. The molecule has 3 aliphatic heterocycles. The lowest BCUT2D eigenvalue weighted by Crippen LogP contribution is -2.38. The van der Waals surface area contributed by atoms with E-state index in [0.717, 1.165) is 16.0 Å². The van der Waals surface area contributed by atoms with Crippen LogP contribution in [-0.2, 0) is 14.3 Å². The zero-order valence-corrected chi connectivity index (χ0v) is 13.5. The van der Waals surface area contributed by atoms with Crippen LogP contribution in [0.25, 0.3) is 0 Å². The Morgan fingerprint density at radius 3 is 2.50 bits per heavy atom. The Labute approximate surface area is 138 Å². The van der Waals surface area contributed by atoms with Gasteiger partial charge in [0.25, 0.3) is 5.69 Å². The van der Waals surface area contributed by atoms with Crippen molar-refractivity contribution in [2.75, 3.05) is 4.90 Å². The zero-order valence-electron chi connectivity index (χ0n) is 13.5. The second kappa shape index (κ2) is 4.51. The Balaban J connectivity index is 1.85. The Morgan fingerprint density at radius 1 is 1.21 bits per heavy atom. The number of nitrogens with zero attached hydrogens (tertiary/aromatic N) is 2. The molecule has 0 N–H and O–H groups in total. The van der Waals surface area contributed by atoms with Crippen molar-refractivity contribution in [3.05, 3.63) is 45.5 Å². The van der Waals surface area contributed by atoms with Crippen LogP contribution < -0.4 is 4.90 Å². The first-order valence-electron chi connectivity index (χ1n) is 7.75. The van der Waals surface area contributed by atoms with E-state index in [4.69, 9.17) is 4.74 Å². The molecule has 4 atom stereocenters. The fraction of sp³-hybridized carbons (Fsp3) is 0.412. The predicted molar refractivity (Wildman–Crippen MR) is 84.5 cm³/mol. The van der Waals surface area contributed by atoms with Gasteiger partial charge in [-0.25, -0.2) is 4.90 Å². The maximum atomic E-state index is 12.9. The molecule has 0 radical (unpaired) electrons. The molecular formula is C17H16N2O5. The average Bonchev–Trinajstić information content (AvgIpc) is 3.11. The number of nitro groups is 1. The minimum atomic E-state index is -0.814. The number of hydrogen-bond acceptors (Lipinski definition) is 5. The molecule has 2 amide bonds. The van der Waals surface area contributed by atoms with Crippen LogP contribution in [0.2, 0.25) is 0 Å². The first-order chi connectivity index (χ1) is 11.2. The van der Waals surface area contributed by atoms with Gasteiger partial charge in [0.15, 0.2) is 0 Å². The van der Waals surface area contributed by atoms with E-state index < -0.39 is 40.3 Å². The lowest BCUT2D eigenvalue weighted by molar-refractivity contribution is -0.384. The van der Waals surface area contributed by atoms with Crippen molar-refractivity contribution in [3.63, 3.8) is 0 Å². The standard InChI is InChI=1S/C17H16N2O5/c1-8-6-10(11(19(22)23)7-9(8)2)18-15(20)13-12-4-5-17(3,24-12)14(13)16(18)21/h4-7,12-14H,1-3H3/t12-,13-,14-,17-/m0/s1. The highest BCUT2D eigenvalue weighted by molar-refractivity contribution is 6.24. The third-order valence-electron chi connectivity index (χ3n) is 5.36. The van der Waals surface area contributed by atoms with E-state index in [2.05, 4.69) is 0 Å². The molecular weight excluding hydrogens is 312 g/mol. The molecule has 3 aliphatic rings. The number of ether oxygens (including phenoxy) is 1. The highest BCUT2D eigenvalue weighted by Gasteiger charge is 2.66. The van der Waals surface area contributed by atoms with Gasteiger partial charge >= 0.3 is 0 Å². The number of nitro benzene ring substituents is 1. The van der Waals surface area contributed by atoms with Crippen molar-refractivity contribution < 1.29 is 19.2 Å². The van der Waals surface area contributed by atoms with Gasteiger partial charge in [-0.1, -0.05) is 12.2 Å². The summed E-state index contributed by atoms with van der Waals surface area (Å²) >= 11 is 0. The molecule has 1 aromatic rings. The minimum absolute atomic E-state index is 0.0514. The van der Waals surface area contributed by atoms with Gasteiger partial charge in [-0.15, -0.1) is 0 Å². The maximum absolute atomic E-state index is 12.9. The average molecular weight is 328 g/mol. The maximum Gasteiger partial charge on any atom is 0.293 e. The normalized spacial score (nSPS) is 33.5. The molecule has 0 saturated carbocycles. The van der Waals surface area contributed by atoms with Crippen LogP contribution in [0.1, 0.15) is 18.1 Å². The molecule has 124 valence electrons. The number of rotatable bonds is 2. The van der Waals surface area contributed by atoms with Crippen molar-refractivity contribution in [3.8, 4) is 0 Å². The van der Waals surface area contributed by atoms with Crippen LogP contribution in [0.3, 0.4) is 0 Å². The molecule has 7 heteroatoms. The molecule has 0 unspecified atom stereocenters. The molecule has 0 spiro atoms. The van der Waals surface area contributed by atoms with E-state index in [1.165, 1.54) is 6.07 Å². The summed E-state index contributed by atoms with van der Waals surface area (Å²) in [6, 6.07) is 2.95. The molecule has 7 nitrogen and oxygen atoms in total. The predicted octanol–water partition coefficient (Wildman–Crippen LogP) is 2.04. The Hall–Kier alpha value is -2.54. The molecule has 3 heterocycles. The summed E-state index contributed by atoms with van der Waals surface area (Å²) in [6.45, 7) is 5.33. The Morgan fingerprint density at radius 2 is 1.88 bits per heavy atom. The summed E-state index contributed by atoms with van der Waals surface area (Å²) in [4.78, 5) is 37.7. The summed E-state index contributed by atoms with van der Waals surface area (Å²) in [7, 11) is 0. The highest BCUT2D eigenvalue weighted by atomic mass is 16.6. The summed E-state index contributed by atoms with van der Waals surface area (Å²) in [6.07, 6.45) is 3.17. The third-order valence-corrected chi connectivity index (χ3v) is 5.36. The van der Waals surface area contributed by atoms with Crippen molar-refractivity contribution in [1.82, 2.24) is 0 Å². The molecule has 4 rings (SSSR count). The van der Waals surface area contributed by atoms with E-state index in [-0.39, 0.29) is 11.4 Å². The van der Waals surface area contributed by atoms with Gasteiger partial charge in [-0.05, 0) is 38.0 Å². The summed E-state index contributed by atoms with van der Waals surface area (Å²) in [5.41, 5.74) is 0.533.